The van der Waals surface area contributed by atoms with Crippen LogP contribution >= 0.6 is 12.2 Å². The van der Waals surface area contributed by atoms with Crippen molar-refractivity contribution >= 4 is 12.2 Å². The van der Waals surface area contributed by atoms with E-state index in [2.05, 4.69) is 27.9 Å². The van der Waals surface area contributed by atoms with E-state index in [1.54, 1.807) is 19.2 Å². The highest BCUT2D eigenvalue weighted by atomic mass is 32.1. The van der Waals surface area contributed by atoms with Gasteiger partial charge in [-0.15, -0.1) is 0 Å². The van der Waals surface area contributed by atoms with E-state index in [9.17, 15) is 4.39 Å². The van der Waals surface area contributed by atoms with Gasteiger partial charge in [-0.25, -0.2) is 4.39 Å². The molecule has 1 aromatic heterocycles. The number of hydrogen-bond acceptors (Lipinski definition) is 4. The average Bonchev–Trinajstić information content (AvgIpc) is 2.84. The molecule has 0 amide bonds. The first-order valence-corrected chi connectivity index (χ1v) is 9.27. The number of hydrogen-bond donors (Lipinski definition) is 0. The minimum absolute atomic E-state index is 0.0458. The van der Waals surface area contributed by atoms with Gasteiger partial charge in [-0.1, -0.05) is 12.1 Å². The lowest BCUT2D eigenvalue weighted by Crippen LogP contribution is -2.39. The van der Waals surface area contributed by atoms with Crippen molar-refractivity contribution in [2.24, 2.45) is 0 Å². The largest absolute Gasteiger partial charge is 0.383 e. The van der Waals surface area contributed by atoms with Crippen LogP contribution in [0.3, 0.4) is 0 Å². The highest BCUT2D eigenvalue weighted by molar-refractivity contribution is 7.71. The van der Waals surface area contributed by atoms with Crippen molar-refractivity contribution in [3.63, 3.8) is 0 Å². The number of morpholine rings is 1. The summed E-state index contributed by atoms with van der Waals surface area (Å²) in [5, 5.41) is 0. The van der Waals surface area contributed by atoms with Crippen molar-refractivity contribution in [3.05, 3.63) is 51.8 Å². The van der Waals surface area contributed by atoms with Crippen molar-refractivity contribution in [1.29, 1.82) is 0 Å². The van der Waals surface area contributed by atoms with E-state index in [0.29, 0.717) is 13.2 Å². The minimum atomic E-state index is -0.226. The lowest BCUT2D eigenvalue weighted by molar-refractivity contribution is -0.0407. The molecule has 1 aromatic carbocycles. The Balaban J connectivity index is 1.74. The number of methoxy groups -OCH3 is 1. The number of aromatic nitrogens is 2. The predicted octanol–water partition coefficient (Wildman–Crippen LogP) is 3.45. The SMILES string of the molecule is COCCn1c(C)c(C)n(CN2CCO[C@H](c3ccc(F)cc3)C2)c1=S. The molecule has 0 spiro atoms. The molecule has 0 saturated carbocycles. The molecule has 0 radical (unpaired) electrons. The molecule has 1 saturated heterocycles. The van der Waals surface area contributed by atoms with Gasteiger partial charge in [-0.2, -0.15) is 0 Å². The molecular formula is C19H26FN3O2S. The molecule has 1 atom stereocenters. The maximum absolute atomic E-state index is 13.2. The monoisotopic (exact) mass is 379 g/mol. The van der Waals surface area contributed by atoms with E-state index >= 15 is 0 Å². The number of benzene rings is 1. The molecule has 0 bridgehead atoms. The Hall–Kier alpha value is -1.54. The first-order chi connectivity index (χ1) is 12.5. The summed E-state index contributed by atoms with van der Waals surface area (Å²) in [6.07, 6.45) is -0.0458. The van der Waals surface area contributed by atoms with E-state index in [0.717, 1.165) is 36.6 Å². The Morgan fingerprint density at radius 3 is 2.58 bits per heavy atom. The van der Waals surface area contributed by atoms with E-state index in [1.165, 1.54) is 23.5 Å². The summed E-state index contributed by atoms with van der Waals surface area (Å²) in [7, 11) is 1.70. The summed E-state index contributed by atoms with van der Waals surface area (Å²) >= 11 is 5.69. The second-order valence-electron chi connectivity index (χ2n) is 6.66. The third-order valence-corrected chi connectivity index (χ3v) is 5.49. The van der Waals surface area contributed by atoms with Gasteiger partial charge in [0.25, 0.3) is 0 Å². The second-order valence-corrected chi connectivity index (χ2v) is 7.02. The van der Waals surface area contributed by atoms with Crippen LogP contribution in [0.5, 0.6) is 0 Å². The highest BCUT2D eigenvalue weighted by Crippen LogP contribution is 2.23. The zero-order chi connectivity index (χ0) is 18.7. The Labute approximate surface area is 158 Å². The minimum Gasteiger partial charge on any atom is -0.383 e. The van der Waals surface area contributed by atoms with E-state index < -0.39 is 0 Å². The average molecular weight is 380 g/mol. The first-order valence-electron chi connectivity index (χ1n) is 8.86. The van der Waals surface area contributed by atoms with Crippen LogP contribution in [-0.4, -0.2) is 47.4 Å². The van der Waals surface area contributed by atoms with Crippen LogP contribution in [0.4, 0.5) is 4.39 Å². The van der Waals surface area contributed by atoms with E-state index in [1.807, 2.05) is 0 Å². The maximum Gasteiger partial charge on any atom is 0.181 e. The molecule has 3 rings (SSSR count). The lowest BCUT2D eigenvalue weighted by Gasteiger charge is -2.33. The van der Waals surface area contributed by atoms with Crippen LogP contribution in [0.1, 0.15) is 23.1 Å². The summed E-state index contributed by atoms with van der Waals surface area (Å²) in [5.41, 5.74) is 3.36. The lowest BCUT2D eigenvalue weighted by atomic mass is 10.1. The zero-order valence-corrected chi connectivity index (χ0v) is 16.4. The number of halogens is 1. The van der Waals surface area contributed by atoms with Gasteiger partial charge in [0.05, 0.1) is 26.0 Å². The number of nitrogens with zero attached hydrogens (tertiary/aromatic N) is 3. The molecular weight excluding hydrogens is 353 g/mol. The van der Waals surface area contributed by atoms with E-state index in [-0.39, 0.29) is 11.9 Å². The standard InChI is InChI=1S/C19H26FN3O2S/c1-14-15(2)23(19(26)22(14)9-10-24-3)13-21-8-11-25-18(12-21)16-4-6-17(20)7-5-16/h4-7,18H,8-13H2,1-3H3/t18-/m0/s1. The Morgan fingerprint density at radius 2 is 1.88 bits per heavy atom. The van der Waals surface area contributed by atoms with Crippen molar-refractivity contribution in [2.45, 2.75) is 33.2 Å². The van der Waals surface area contributed by atoms with Crippen molar-refractivity contribution < 1.29 is 13.9 Å². The zero-order valence-electron chi connectivity index (χ0n) is 15.6. The topological polar surface area (TPSA) is 31.6 Å². The third-order valence-electron chi connectivity index (χ3n) is 5.05. The first kappa shape index (κ1) is 19.2. The van der Waals surface area contributed by atoms with Gasteiger partial charge in [0.15, 0.2) is 4.77 Å². The summed E-state index contributed by atoms with van der Waals surface area (Å²) in [4.78, 5) is 2.33. The van der Waals surface area contributed by atoms with Crippen molar-refractivity contribution in [2.75, 3.05) is 33.4 Å². The molecule has 1 aliphatic rings. The molecule has 7 heteroatoms. The van der Waals surface area contributed by atoms with Gasteiger partial charge < -0.3 is 18.6 Å². The Kier molecular flexibility index (Phi) is 6.24. The molecule has 26 heavy (non-hydrogen) atoms. The molecule has 1 fully saturated rings. The third kappa shape index (κ3) is 4.06. The second kappa shape index (κ2) is 8.43. The quantitative estimate of drug-likeness (QED) is 0.720. The van der Waals surface area contributed by atoms with E-state index in [4.69, 9.17) is 21.7 Å². The summed E-state index contributed by atoms with van der Waals surface area (Å²) in [5.74, 6) is -0.226. The molecule has 142 valence electrons. The van der Waals surface area contributed by atoms with Gasteiger partial charge >= 0.3 is 0 Å². The summed E-state index contributed by atoms with van der Waals surface area (Å²) in [6, 6.07) is 6.56. The number of ether oxygens (including phenoxy) is 2. The number of imidazole rings is 1. The molecule has 0 N–H and O–H groups in total. The number of rotatable bonds is 6. The van der Waals surface area contributed by atoms with Gasteiger partial charge in [-0.05, 0) is 43.8 Å². The van der Waals surface area contributed by atoms with Crippen molar-refractivity contribution in [3.8, 4) is 0 Å². The van der Waals surface area contributed by atoms with Gasteiger partial charge in [0, 0.05) is 38.1 Å². The Bertz CT molecular complexity index is 800. The maximum atomic E-state index is 13.2. The molecule has 2 heterocycles. The fraction of sp³-hybridized carbons (Fsp3) is 0.526. The molecule has 5 nitrogen and oxygen atoms in total. The normalized spacial score (nSPS) is 18.4. The van der Waals surface area contributed by atoms with Gasteiger partial charge in [-0.3, -0.25) is 4.90 Å². The van der Waals surface area contributed by atoms with Gasteiger partial charge in [0.1, 0.15) is 5.82 Å². The fourth-order valence-corrected chi connectivity index (χ4v) is 3.77. The summed E-state index contributed by atoms with van der Waals surface area (Å²) in [6.45, 7) is 8.59. The van der Waals surface area contributed by atoms with Crippen LogP contribution < -0.4 is 0 Å². The Morgan fingerprint density at radius 1 is 1.19 bits per heavy atom. The smallest absolute Gasteiger partial charge is 0.181 e. The van der Waals surface area contributed by atoms with Gasteiger partial charge in [0.2, 0.25) is 0 Å². The highest BCUT2D eigenvalue weighted by Gasteiger charge is 2.23. The van der Waals surface area contributed by atoms with Crippen LogP contribution in [0.15, 0.2) is 24.3 Å². The molecule has 1 aliphatic heterocycles. The molecule has 2 aromatic rings. The predicted molar refractivity (Wildman–Crippen MR) is 101 cm³/mol. The molecule has 0 aliphatic carbocycles. The van der Waals surface area contributed by atoms with Crippen LogP contribution in [0.2, 0.25) is 0 Å². The van der Waals surface area contributed by atoms with Crippen molar-refractivity contribution in [1.82, 2.24) is 14.0 Å². The van der Waals surface area contributed by atoms with Crippen LogP contribution in [-0.2, 0) is 22.7 Å². The van der Waals surface area contributed by atoms with Crippen LogP contribution in [0, 0.1) is 24.4 Å². The van der Waals surface area contributed by atoms with Crippen LogP contribution in [0.25, 0.3) is 0 Å². The molecule has 0 unspecified atom stereocenters. The summed E-state index contributed by atoms with van der Waals surface area (Å²) < 4.78 is 29.4. The fourth-order valence-electron chi connectivity index (χ4n) is 3.35.